The molecule has 0 spiro atoms. The molecule has 0 aromatic heterocycles. The van der Waals surface area contributed by atoms with Gasteiger partial charge in [-0.1, -0.05) is 12.1 Å². The molecule has 0 saturated heterocycles. The fourth-order valence-corrected chi connectivity index (χ4v) is 1.43. The number of hydrogen-bond acceptors (Lipinski definition) is 3. The summed E-state index contributed by atoms with van der Waals surface area (Å²) in [5, 5.41) is 3.26. The second-order valence-electron chi connectivity index (χ2n) is 3.79. The summed E-state index contributed by atoms with van der Waals surface area (Å²) >= 11 is 0. The van der Waals surface area contributed by atoms with E-state index >= 15 is 0 Å². The highest BCUT2D eigenvalue weighted by Gasteiger charge is 2.13. The number of anilines is 1. The highest BCUT2D eigenvalue weighted by Crippen LogP contribution is 2.21. The zero-order valence-electron chi connectivity index (χ0n) is 9.63. The molecule has 1 rings (SSSR count). The largest absolute Gasteiger partial charge is 0.465 e. The average molecular weight is 207 g/mol. The lowest BCUT2D eigenvalue weighted by molar-refractivity contribution is 0.0601. The van der Waals surface area contributed by atoms with E-state index in [-0.39, 0.29) is 12.0 Å². The number of nitrogens with one attached hydrogen (secondary N) is 1. The summed E-state index contributed by atoms with van der Waals surface area (Å²) in [6, 6.07) is 5.88. The minimum absolute atomic E-state index is 0.287. The van der Waals surface area contributed by atoms with Crippen LogP contribution in [0.1, 0.15) is 29.8 Å². The molecule has 15 heavy (non-hydrogen) atoms. The molecule has 3 heteroatoms. The Balaban J connectivity index is 3.14. The van der Waals surface area contributed by atoms with Crippen molar-refractivity contribution >= 4 is 11.7 Å². The Kier molecular flexibility index (Phi) is 3.72. The molecule has 0 atom stereocenters. The molecular weight excluding hydrogens is 190 g/mol. The predicted molar refractivity (Wildman–Crippen MR) is 61.3 cm³/mol. The Morgan fingerprint density at radius 2 is 2.07 bits per heavy atom. The van der Waals surface area contributed by atoms with E-state index < -0.39 is 0 Å². The number of aryl methyl sites for hydroxylation is 1. The van der Waals surface area contributed by atoms with Gasteiger partial charge in [-0.15, -0.1) is 0 Å². The van der Waals surface area contributed by atoms with Gasteiger partial charge in [0.25, 0.3) is 0 Å². The normalized spacial score (nSPS) is 10.2. The molecule has 1 aromatic rings. The Morgan fingerprint density at radius 1 is 1.40 bits per heavy atom. The minimum Gasteiger partial charge on any atom is -0.465 e. The lowest BCUT2D eigenvalue weighted by atomic mass is 10.1. The van der Waals surface area contributed by atoms with E-state index in [0.717, 1.165) is 11.3 Å². The highest BCUT2D eigenvalue weighted by molar-refractivity contribution is 5.96. The summed E-state index contributed by atoms with van der Waals surface area (Å²) in [5.41, 5.74) is 2.50. The van der Waals surface area contributed by atoms with Crippen LogP contribution in [0.2, 0.25) is 0 Å². The fourth-order valence-electron chi connectivity index (χ4n) is 1.43. The molecule has 0 saturated carbocycles. The third-order valence-corrected chi connectivity index (χ3v) is 2.11. The predicted octanol–water partition coefficient (Wildman–Crippen LogP) is 2.60. The van der Waals surface area contributed by atoms with Gasteiger partial charge in [-0.3, -0.25) is 0 Å². The van der Waals surface area contributed by atoms with Gasteiger partial charge in [-0.25, -0.2) is 4.79 Å². The topological polar surface area (TPSA) is 38.3 Å². The second kappa shape index (κ2) is 4.82. The van der Waals surface area contributed by atoms with Crippen molar-refractivity contribution in [3.63, 3.8) is 0 Å². The Morgan fingerprint density at radius 3 is 2.60 bits per heavy atom. The number of carbonyl (C=O) groups is 1. The molecule has 0 amide bonds. The molecule has 0 heterocycles. The summed E-state index contributed by atoms with van der Waals surface area (Å²) in [4.78, 5) is 11.5. The standard InChI is InChI=1S/C12H17NO2/c1-8(2)13-11-9(3)6-5-7-10(11)12(14)15-4/h5-8,13H,1-4H3. The van der Waals surface area contributed by atoms with Crippen molar-refractivity contribution < 1.29 is 9.53 Å². The van der Waals surface area contributed by atoms with Crippen molar-refractivity contribution in [3.05, 3.63) is 29.3 Å². The molecular formula is C12H17NO2. The summed E-state index contributed by atoms with van der Waals surface area (Å²) in [5.74, 6) is -0.304. The summed E-state index contributed by atoms with van der Waals surface area (Å²) in [6.07, 6.45) is 0. The van der Waals surface area contributed by atoms with Gasteiger partial charge in [0.1, 0.15) is 0 Å². The number of rotatable bonds is 3. The molecule has 0 aliphatic rings. The van der Waals surface area contributed by atoms with Crippen LogP contribution in [0.3, 0.4) is 0 Å². The number of hydrogen-bond donors (Lipinski definition) is 1. The number of esters is 1. The van der Waals surface area contributed by atoms with Crippen molar-refractivity contribution in [3.8, 4) is 0 Å². The quantitative estimate of drug-likeness (QED) is 0.774. The third kappa shape index (κ3) is 2.72. The van der Waals surface area contributed by atoms with Crippen molar-refractivity contribution in [2.45, 2.75) is 26.8 Å². The molecule has 82 valence electrons. The van der Waals surface area contributed by atoms with Gasteiger partial charge >= 0.3 is 5.97 Å². The van der Waals surface area contributed by atoms with Crippen LogP contribution in [0.15, 0.2) is 18.2 Å². The van der Waals surface area contributed by atoms with Crippen LogP contribution >= 0.6 is 0 Å². The number of para-hydroxylation sites is 1. The zero-order chi connectivity index (χ0) is 11.4. The van der Waals surface area contributed by atoms with Crippen LogP contribution in [0.5, 0.6) is 0 Å². The number of carbonyl (C=O) groups excluding carboxylic acids is 1. The first-order valence-corrected chi connectivity index (χ1v) is 5.00. The number of methoxy groups -OCH3 is 1. The monoisotopic (exact) mass is 207 g/mol. The summed E-state index contributed by atoms with van der Waals surface area (Å²) < 4.78 is 4.73. The van der Waals surface area contributed by atoms with Gasteiger partial charge in [-0.2, -0.15) is 0 Å². The summed E-state index contributed by atoms with van der Waals surface area (Å²) in [7, 11) is 1.39. The molecule has 1 N–H and O–H groups in total. The van der Waals surface area contributed by atoms with E-state index in [1.807, 2.05) is 32.9 Å². The second-order valence-corrected chi connectivity index (χ2v) is 3.79. The minimum atomic E-state index is -0.304. The summed E-state index contributed by atoms with van der Waals surface area (Å²) in [6.45, 7) is 6.04. The van der Waals surface area contributed by atoms with Gasteiger partial charge in [-0.05, 0) is 32.4 Å². The van der Waals surface area contributed by atoms with Crippen LogP contribution in [0, 0.1) is 6.92 Å². The maximum absolute atomic E-state index is 11.5. The first kappa shape index (κ1) is 11.6. The first-order chi connectivity index (χ1) is 7.06. The van der Waals surface area contributed by atoms with Crippen molar-refractivity contribution in [2.24, 2.45) is 0 Å². The molecule has 0 aliphatic carbocycles. The fraction of sp³-hybridized carbons (Fsp3) is 0.417. The van der Waals surface area contributed by atoms with Crippen LogP contribution < -0.4 is 5.32 Å². The van der Waals surface area contributed by atoms with Crippen LogP contribution in [0.25, 0.3) is 0 Å². The maximum Gasteiger partial charge on any atom is 0.339 e. The maximum atomic E-state index is 11.5. The number of ether oxygens (including phenoxy) is 1. The van der Waals surface area contributed by atoms with E-state index in [9.17, 15) is 4.79 Å². The van der Waals surface area contributed by atoms with Gasteiger partial charge < -0.3 is 10.1 Å². The van der Waals surface area contributed by atoms with Crippen molar-refractivity contribution in [1.82, 2.24) is 0 Å². The molecule has 0 fully saturated rings. The Labute approximate surface area is 90.4 Å². The van der Waals surface area contributed by atoms with Crippen LogP contribution in [-0.2, 0) is 4.74 Å². The van der Waals surface area contributed by atoms with E-state index in [2.05, 4.69) is 5.32 Å². The van der Waals surface area contributed by atoms with Gasteiger partial charge in [0, 0.05) is 6.04 Å². The third-order valence-electron chi connectivity index (χ3n) is 2.11. The molecule has 0 aliphatic heterocycles. The van der Waals surface area contributed by atoms with Gasteiger partial charge in [0.2, 0.25) is 0 Å². The van der Waals surface area contributed by atoms with E-state index in [0.29, 0.717) is 5.56 Å². The lowest BCUT2D eigenvalue weighted by Gasteiger charge is -2.15. The Bertz CT molecular complexity index is 359. The van der Waals surface area contributed by atoms with Crippen LogP contribution in [-0.4, -0.2) is 19.1 Å². The molecule has 3 nitrogen and oxygen atoms in total. The Hall–Kier alpha value is -1.51. The van der Waals surface area contributed by atoms with Crippen molar-refractivity contribution in [2.75, 3.05) is 12.4 Å². The van der Waals surface area contributed by atoms with E-state index in [1.165, 1.54) is 7.11 Å². The molecule has 0 radical (unpaired) electrons. The lowest BCUT2D eigenvalue weighted by Crippen LogP contribution is -2.15. The van der Waals surface area contributed by atoms with Gasteiger partial charge in [0.15, 0.2) is 0 Å². The molecule has 0 unspecified atom stereocenters. The number of benzene rings is 1. The van der Waals surface area contributed by atoms with Gasteiger partial charge in [0.05, 0.1) is 18.4 Å². The molecule has 1 aromatic carbocycles. The average Bonchev–Trinajstić information content (AvgIpc) is 2.19. The first-order valence-electron chi connectivity index (χ1n) is 5.00. The zero-order valence-corrected chi connectivity index (χ0v) is 9.63. The van der Waals surface area contributed by atoms with E-state index in [4.69, 9.17) is 4.74 Å². The van der Waals surface area contributed by atoms with Crippen molar-refractivity contribution in [1.29, 1.82) is 0 Å². The highest BCUT2D eigenvalue weighted by atomic mass is 16.5. The van der Waals surface area contributed by atoms with E-state index in [1.54, 1.807) is 6.07 Å². The molecule has 0 bridgehead atoms. The SMILES string of the molecule is COC(=O)c1cccc(C)c1NC(C)C. The van der Waals surface area contributed by atoms with Crippen LogP contribution in [0.4, 0.5) is 5.69 Å². The smallest absolute Gasteiger partial charge is 0.339 e.